The molecule has 1 aromatic rings. The van der Waals surface area contributed by atoms with E-state index in [1.165, 1.54) is 7.05 Å². The summed E-state index contributed by atoms with van der Waals surface area (Å²) in [5.41, 5.74) is 1.07. The van der Waals surface area contributed by atoms with E-state index in [1.807, 2.05) is 19.1 Å². The highest BCUT2D eigenvalue weighted by Gasteiger charge is 2.18. The second kappa shape index (κ2) is 8.79. The van der Waals surface area contributed by atoms with Crippen LogP contribution in [0.5, 0.6) is 5.75 Å². The summed E-state index contributed by atoms with van der Waals surface area (Å²) < 4.78 is 23.0. The number of hydrogen-bond donors (Lipinski definition) is 0. The molecule has 1 amide bonds. The summed E-state index contributed by atoms with van der Waals surface area (Å²) in [4.78, 5) is 11.9. The SMILES string of the molecule is CCCCOS(=O)N(C)C(=O)Oc1cccc(C(C)C)c1. The third-order valence-corrected chi connectivity index (χ3v) is 3.86. The molecule has 0 heterocycles. The van der Waals surface area contributed by atoms with Gasteiger partial charge in [-0.2, -0.15) is 0 Å². The first-order valence-electron chi connectivity index (χ1n) is 7.06. The Kier molecular flexibility index (Phi) is 7.39. The number of unbranched alkanes of at least 4 members (excludes halogenated alkanes) is 1. The average molecular weight is 313 g/mol. The Hall–Kier alpha value is -1.40. The molecule has 0 aliphatic heterocycles. The topological polar surface area (TPSA) is 55.8 Å². The van der Waals surface area contributed by atoms with Crippen LogP contribution in [0.25, 0.3) is 0 Å². The van der Waals surface area contributed by atoms with Gasteiger partial charge in [-0.05, 0) is 30.0 Å². The molecular weight excluding hydrogens is 290 g/mol. The van der Waals surface area contributed by atoms with Gasteiger partial charge in [-0.25, -0.2) is 13.3 Å². The fraction of sp³-hybridized carbons (Fsp3) is 0.533. The lowest BCUT2D eigenvalue weighted by atomic mass is 10.0. The molecule has 21 heavy (non-hydrogen) atoms. The molecule has 1 aromatic carbocycles. The fourth-order valence-corrected chi connectivity index (χ4v) is 2.09. The lowest BCUT2D eigenvalue weighted by Gasteiger charge is -2.15. The Bertz CT molecular complexity index is 490. The van der Waals surface area contributed by atoms with Crippen LogP contribution >= 0.6 is 0 Å². The second-order valence-corrected chi connectivity index (χ2v) is 6.20. The zero-order valence-electron chi connectivity index (χ0n) is 13.0. The van der Waals surface area contributed by atoms with E-state index in [-0.39, 0.29) is 0 Å². The van der Waals surface area contributed by atoms with E-state index in [0.717, 1.165) is 22.7 Å². The maximum Gasteiger partial charge on any atom is 0.428 e. The highest BCUT2D eigenvalue weighted by Crippen LogP contribution is 2.20. The minimum absolute atomic E-state index is 0.341. The summed E-state index contributed by atoms with van der Waals surface area (Å²) in [6.07, 6.45) is 1.03. The zero-order valence-corrected chi connectivity index (χ0v) is 13.8. The summed E-state index contributed by atoms with van der Waals surface area (Å²) in [7, 11) is 1.39. The monoisotopic (exact) mass is 313 g/mol. The van der Waals surface area contributed by atoms with Gasteiger partial charge >= 0.3 is 6.09 Å². The molecule has 0 N–H and O–H groups in total. The van der Waals surface area contributed by atoms with Crippen LogP contribution in [0.15, 0.2) is 24.3 Å². The van der Waals surface area contributed by atoms with Crippen molar-refractivity contribution >= 4 is 17.4 Å². The van der Waals surface area contributed by atoms with E-state index in [9.17, 15) is 9.00 Å². The van der Waals surface area contributed by atoms with Crippen molar-refractivity contribution in [2.45, 2.75) is 39.5 Å². The van der Waals surface area contributed by atoms with Crippen molar-refractivity contribution in [2.75, 3.05) is 13.7 Å². The van der Waals surface area contributed by atoms with Gasteiger partial charge in [0.2, 0.25) is 0 Å². The Morgan fingerprint density at radius 2 is 2.10 bits per heavy atom. The summed E-state index contributed by atoms with van der Waals surface area (Å²) >= 11 is -1.83. The first-order valence-corrected chi connectivity index (χ1v) is 8.09. The normalized spacial score (nSPS) is 12.2. The third kappa shape index (κ3) is 5.85. The highest BCUT2D eigenvalue weighted by molar-refractivity contribution is 7.78. The van der Waals surface area contributed by atoms with E-state index in [4.69, 9.17) is 8.92 Å². The number of ether oxygens (including phenoxy) is 1. The molecule has 6 heteroatoms. The van der Waals surface area contributed by atoms with E-state index in [0.29, 0.717) is 18.3 Å². The number of carbonyl (C=O) groups excluding carboxylic acids is 1. The van der Waals surface area contributed by atoms with Gasteiger partial charge in [-0.1, -0.05) is 39.3 Å². The van der Waals surface area contributed by atoms with Gasteiger partial charge in [0.25, 0.3) is 11.3 Å². The minimum atomic E-state index is -1.83. The molecule has 1 unspecified atom stereocenters. The molecule has 0 spiro atoms. The van der Waals surface area contributed by atoms with Crippen LogP contribution in [0.3, 0.4) is 0 Å². The quantitative estimate of drug-likeness (QED) is 0.721. The van der Waals surface area contributed by atoms with Gasteiger partial charge in [0, 0.05) is 7.05 Å². The predicted molar refractivity (Wildman–Crippen MR) is 83.3 cm³/mol. The highest BCUT2D eigenvalue weighted by atomic mass is 32.2. The van der Waals surface area contributed by atoms with Crippen LogP contribution in [-0.2, 0) is 15.4 Å². The summed E-state index contributed by atoms with van der Waals surface area (Å²) in [6.45, 7) is 6.48. The van der Waals surface area contributed by atoms with Crippen LogP contribution in [0.1, 0.15) is 45.1 Å². The summed E-state index contributed by atoms with van der Waals surface area (Å²) in [5, 5.41) is 0. The molecule has 118 valence electrons. The summed E-state index contributed by atoms with van der Waals surface area (Å²) in [6, 6.07) is 7.29. The Labute approximate surface area is 129 Å². The lowest BCUT2D eigenvalue weighted by molar-refractivity contribution is 0.181. The van der Waals surface area contributed by atoms with Gasteiger partial charge in [0.05, 0.1) is 6.61 Å². The van der Waals surface area contributed by atoms with Crippen LogP contribution in [0, 0.1) is 0 Å². The van der Waals surface area contributed by atoms with E-state index >= 15 is 0 Å². The van der Waals surface area contributed by atoms with E-state index in [2.05, 4.69) is 13.8 Å². The molecule has 0 saturated heterocycles. The first-order chi connectivity index (χ1) is 9.95. The van der Waals surface area contributed by atoms with Crippen molar-refractivity contribution < 1.29 is 17.9 Å². The number of hydrogen-bond acceptors (Lipinski definition) is 4. The van der Waals surface area contributed by atoms with Crippen molar-refractivity contribution in [3.63, 3.8) is 0 Å². The van der Waals surface area contributed by atoms with Crippen molar-refractivity contribution in [1.29, 1.82) is 0 Å². The van der Waals surface area contributed by atoms with Gasteiger partial charge < -0.3 is 4.74 Å². The standard InChI is InChI=1S/C15H23NO4S/c1-5-6-10-19-21(18)16(4)15(17)20-14-9-7-8-13(11-14)12(2)3/h7-9,11-12H,5-6,10H2,1-4H3. The second-order valence-electron chi connectivity index (χ2n) is 4.99. The minimum Gasteiger partial charge on any atom is -0.409 e. The number of carbonyl (C=O) groups is 1. The molecule has 0 aromatic heterocycles. The maximum absolute atomic E-state index is 11.9. The Balaban J connectivity index is 2.59. The van der Waals surface area contributed by atoms with Crippen molar-refractivity contribution in [3.05, 3.63) is 29.8 Å². The molecule has 0 aliphatic rings. The molecular formula is C15H23NO4S. The third-order valence-electron chi connectivity index (χ3n) is 2.89. The molecule has 0 aliphatic carbocycles. The Morgan fingerprint density at radius 1 is 1.38 bits per heavy atom. The maximum atomic E-state index is 11.9. The molecule has 0 radical (unpaired) electrons. The van der Waals surface area contributed by atoms with Crippen LogP contribution in [0.4, 0.5) is 4.79 Å². The van der Waals surface area contributed by atoms with Gasteiger partial charge in [0.15, 0.2) is 0 Å². The zero-order chi connectivity index (χ0) is 15.8. The predicted octanol–water partition coefficient (Wildman–Crippen LogP) is 3.64. The molecule has 0 bridgehead atoms. The van der Waals surface area contributed by atoms with Crippen molar-refractivity contribution in [1.82, 2.24) is 4.31 Å². The van der Waals surface area contributed by atoms with Crippen LogP contribution < -0.4 is 4.74 Å². The number of rotatable bonds is 7. The number of benzene rings is 1. The van der Waals surface area contributed by atoms with Crippen LogP contribution in [-0.4, -0.2) is 28.3 Å². The average Bonchev–Trinajstić information content (AvgIpc) is 2.46. The molecule has 1 rings (SSSR count). The smallest absolute Gasteiger partial charge is 0.409 e. The van der Waals surface area contributed by atoms with E-state index in [1.54, 1.807) is 12.1 Å². The molecule has 5 nitrogen and oxygen atoms in total. The molecule has 0 saturated carbocycles. The number of amides is 1. The van der Waals surface area contributed by atoms with Gasteiger partial charge in [0.1, 0.15) is 5.75 Å². The largest absolute Gasteiger partial charge is 0.428 e. The molecule has 0 fully saturated rings. The van der Waals surface area contributed by atoms with E-state index < -0.39 is 17.4 Å². The molecule has 1 atom stereocenters. The fourth-order valence-electron chi connectivity index (χ4n) is 1.52. The first kappa shape index (κ1) is 17.7. The number of nitrogens with zero attached hydrogens (tertiary/aromatic N) is 1. The lowest BCUT2D eigenvalue weighted by Crippen LogP contribution is -2.32. The van der Waals surface area contributed by atoms with Crippen LogP contribution in [0.2, 0.25) is 0 Å². The van der Waals surface area contributed by atoms with Crippen molar-refractivity contribution in [2.24, 2.45) is 0 Å². The summed E-state index contributed by atoms with van der Waals surface area (Å²) in [5.74, 6) is 0.775. The van der Waals surface area contributed by atoms with Gasteiger partial charge in [-0.3, -0.25) is 4.18 Å². The Morgan fingerprint density at radius 3 is 2.71 bits per heavy atom. The van der Waals surface area contributed by atoms with Crippen molar-refractivity contribution in [3.8, 4) is 5.75 Å². The van der Waals surface area contributed by atoms with Gasteiger partial charge in [-0.15, -0.1) is 0 Å².